The van der Waals surface area contributed by atoms with Gasteiger partial charge in [0.2, 0.25) is 0 Å². The highest BCUT2D eigenvalue weighted by Crippen LogP contribution is 2.38. The number of aromatic nitrogens is 3. The molecule has 0 bridgehead atoms. The van der Waals surface area contributed by atoms with Gasteiger partial charge in [0.15, 0.2) is 6.17 Å². The van der Waals surface area contributed by atoms with Crippen LogP contribution in [0.4, 0.5) is 18.9 Å². The van der Waals surface area contributed by atoms with Gasteiger partial charge in [0, 0.05) is 17.3 Å². The molecule has 3 aromatic rings. The molecule has 28 heavy (non-hydrogen) atoms. The molecule has 0 aliphatic carbocycles. The van der Waals surface area contributed by atoms with Gasteiger partial charge in [-0.1, -0.05) is 12.0 Å². The standard InChI is InChI=1S/C20H17F3N4O/c1-3-10-26(16-7-4-14(21)5-8-16)19(27-13-24-12-25-27)20(2,28)17-9-6-15(22)11-18(17)23/h1,4-9,11-13,19,28H,10H2,2H3. The summed E-state index contributed by atoms with van der Waals surface area (Å²) in [6, 6.07) is 8.34. The summed E-state index contributed by atoms with van der Waals surface area (Å²) in [5, 5.41) is 15.4. The van der Waals surface area contributed by atoms with E-state index >= 15 is 0 Å². The fourth-order valence-corrected chi connectivity index (χ4v) is 3.14. The molecule has 3 rings (SSSR count). The maximum atomic E-state index is 14.5. The number of rotatable bonds is 6. The molecule has 2 unspecified atom stereocenters. The average molecular weight is 386 g/mol. The minimum Gasteiger partial charge on any atom is -0.381 e. The van der Waals surface area contributed by atoms with Crippen molar-refractivity contribution in [3.63, 3.8) is 0 Å². The topological polar surface area (TPSA) is 54.2 Å². The lowest BCUT2D eigenvalue weighted by Crippen LogP contribution is -2.47. The van der Waals surface area contributed by atoms with E-state index in [-0.39, 0.29) is 12.1 Å². The van der Waals surface area contributed by atoms with E-state index < -0.39 is 29.2 Å². The largest absolute Gasteiger partial charge is 0.381 e. The van der Waals surface area contributed by atoms with Gasteiger partial charge in [-0.05, 0) is 37.3 Å². The molecule has 0 saturated carbocycles. The van der Waals surface area contributed by atoms with E-state index in [1.54, 1.807) is 4.90 Å². The van der Waals surface area contributed by atoms with Gasteiger partial charge in [0.05, 0.1) is 6.54 Å². The third-order valence-electron chi connectivity index (χ3n) is 4.38. The van der Waals surface area contributed by atoms with Crippen LogP contribution in [0.25, 0.3) is 0 Å². The lowest BCUT2D eigenvalue weighted by Gasteiger charge is -2.41. The van der Waals surface area contributed by atoms with Crippen molar-refractivity contribution >= 4 is 5.69 Å². The molecule has 1 heterocycles. The Morgan fingerprint density at radius 2 is 1.86 bits per heavy atom. The SMILES string of the molecule is C#CCN(c1ccc(F)cc1)C(n1cncn1)C(C)(O)c1ccc(F)cc1F. The maximum absolute atomic E-state index is 14.5. The Morgan fingerprint density at radius 3 is 2.43 bits per heavy atom. The summed E-state index contributed by atoms with van der Waals surface area (Å²) in [6.07, 6.45) is 7.04. The molecule has 5 nitrogen and oxygen atoms in total. The molecule has 0 aliphatic heterocycles. The fraction of sp³-hybridized carbons (Fsp3) is 0.200. The van der Waals surface area contributed by atoms with Gasteiger partial charge >= 0.3 is 0 Å². The van der Waals surface area contributed by atoms with Crippen molar-refractivity contribution in [2.75, 3.05) is 11.4 Å². The van der Waals surface area contributed by atoms with Crippen LogP contribution in [-0.4, -0.2) is 26.4 Å². The number of halogens is 3. The summed E-state index contributed by atoms with van der Waals surface area (Å²) < 4.78 is 42.6. The summed E-state index contributed by atoms with van der Waals surface area (Å²) in [7, 11) is 0. The summed E-state index contributed by atoms with van der Waals surface area (Å²) in [6.45, 7) is 1.36. The molecular formula is C20H17F3N4O. The molecule has 0 aliphatic rings. The summed E-state index contributed by atoms with van der Waals surface area (Å²) in [5.41, 5.74) is -1.59. The van der Waals surface area contributed by atoms with Crippen molar-refractivity contribution in [2.24, 2.45) is 0 Å². The average Bonchev–Trinajstić information content (AvgIpc) is 3.15. The van der Waals surface area contributed by atoms with E-state index in [9.17, 15) is 18.3 Å². The van der Waals surface area contributed by atoms with Gasteiger partial charge in [0.1, 0.15) is 35.7 Å². The first-order valence-electron chi connectivity index (χ1n) is 8.32. The van der Waals surface area contributed by atoms with Crippen LogP contribution in [0.15, 0.2) is 55.1 Å². The quantitative estimate of drug-likeness (QED) is 0.661. The van der Waals surface area contributed by atoms with E-state index in [1.807, 2.05) is 0 Å². The number of hydrogen-bond donors (Lipinski definition) is 1. The van der Waals surface area contributed by atoms with Crippen molar-refractivity contribution in [3.05, 3.63) is 78.1 Å². The van der Waals surface area contributed by atoms with E-state index in [4.69, 9.17) is 6.42 Å². The molecule has 8 heteroatoms. The second-order valence-corrected chi connectivity index (χ2v) is 6.33. The number of anilines is 1. The molecule has 2 aromatic carbocycles. The highest BCUT2D eigenvalue weighted by molar-refractivity contribution is 5.49. The Kier molecular flexibility index (Phi) is 5.38. The smallest absolute Gasteiger partial charge is 0.158 e. The fourth-order valence-electron chi connectivity index (χ4n) is 3.14. The number of nitrogens with zero attached hydrogens (tertiary/aromatic N) is 4. The summed E-state index contributed by atoms with van der Waals surface area (Å²) in [4.78, 5) is 5.44. The Hall–Kier alpha value is -3.31. The molecule has 1 N–H and O–H groups in total. The predicted octanol–water partition coefficient (Wildman–Crippen LogP) is 3.24. The molecular weight excluding hydrogens is 369 g/mol. The van der Waals surface area contributed by atoms with Crippen molar-refractivity contribution < 1.29 is 18.3 Å². The number of benzene rings is 2. The summed E-state index contributed by atoms with van der Waals surface area (Å²) in [5.74, 6) is 0.339. The second-order valence-electron chi connectivity index (χ2n) is 6.33. The minimum atomic E-state index is -1.91. The van der Waals surface area contributed by atoms with Crippen LogP contribution in [-0.2, 0) is 5.60 Å². The van der Waals surface area contributed by atoms with Crippen LogP contribution in [0.1, 0.15) is 18.7 Å². The third-order valence-corrected chi connectivity index (χ3v) is 4.38. The van der Waals surface area contributed by atoms with E-state index in [0.717, 1.165) is 12.1 Å². The first-order chi connectivity index (χ1) is 13.3. The van der Waals surface area contributed by atoms with Crippen LogP contribution < -0.4 is 4.90 Å². The zero-order chi connectivity index (χ0) is 20.3. The summed E-state index contributed by atoms with van der Waals surface area (Å²) >= 11 is 0. The van der Waals surface area contributed by atoms with Gasteiger partial charge in [-0.25, -0.2) is 22.8 Å². The van der Waals surface area contributed by atoms with Crippen LogP contribution in [0.5, 0.6) is 0 Å². The predicted molar refractivity (Wildman–Crippen MR) is 97.6 cm³/mol. The van der Waals surface area contributed by atoms with Gasteiger partial charge in [-0.2, -0.15) is 5.10 Å². The van der Waals surface area contributed by atoms with Crippen molar-refractivity contribution in [1.29, 1.82) is 0 Å². The van der Waals surface area contributed by atoms with E-state index in [0.29, 0.717) is 11.8 Å². The third kappa shape index (κ3) is 3.70. The van der Waals surface area contributed by atoms with Crippen LogP contribution in [0, 0.1) is 29.8 Å². The Balaban J connectivity index is 2.17. The van der Waals surface area contributed by atoms with Crippen molar-refractivity contribution in [1.82, 2.24) is 14.8 Å². The molecule has 0 saturated heterocycles. The molecule has 0 radical (unpaired) electrons. The second kappa shape index (κ2) is 7.74. The molecule has 2 atom stereocenters. The van der Waals surface area contributed by atoms with Gasteiger partial charge in [-0.15, -0.1) is 6.42 Å². The van der Waals surface area contributed by atoms with Gasteiger partial charge in [-0.3, -0.25) is 0 Å². The van der Waals surface area contributed by atoms with Gasteiger partial charge < -0.3 is 10.0 Å². The van der Waals surface area contributed by atoms with Crippen molar-refractivity contribution in [3.8, 4) is 12.3 Å². The Labute approximate surface area is 160 Å². The molecule has 0 spiro atoms. The van der Waals surface area contributed by atoms with Crippen molar-refractivity contribution in [2.45, 2.75) is 18.7 Å². The van der Waals surface area contributed by atoms with Crippen LogP contribution in [0.3, 0.4) is 0 Å². The molecule has 0 fully saturated rings. The lowest BCUT2D eigenvalue weighted by atomic mass is 9.90. The zero-order valence-corrected chi connectivity index (χ0v) is 14.9. The minimum absolute atomic E-state index is 0.00484. The van der Waals surface area contributed by atoms with Gasteiger partial charge in [0.25, 0.3) is 0 Å². The molecule has 0 amide bonds. The van der Waals surface area contributed by atoms with Crippen LogP contribution in [0.2, 0.25) is 0 Å². The highest BCUT2D eigenvalue weighted by Gasteiger charge is 2.42. The molecule has 1 aromatic heterocycles. The lowest BCUT2D eigenvalue weighted by molar-refractivity contribution is -0.00827. The number of aliphatic hydroxyl groups is 1. The number of hydrogen-bond acceptors (Lipinski definition) is 4. The first kappa shape index (κ1) is 19.5. The normalized spacial score (nSPS) is 14.1. The van der Waals surface area contributed by atoms with E-state index in [1.165, 1.54) is 48.5 Å². The highest BCUT2D eigenvalue weighted by atomic mass is 19.1. The van der Waals surface area contributed by atoms with E-state index in [2.05, 4.69) is 16.0 Å². The Morgan fingerprint density at radius 1 is 1.18 bits per heavy atom. The monoisotopic (exact) mass is 386 g/mol. The Bertz CT molecular complexity index is 982. The first-order valence-corrected chi connectivity index (χ1v) is 8.32. The zero-order valence-electron chi connectivity index (χ0n) is 14.9. The number of terminal acetylenes is 1. The van der Waals surface area contributed by atoms with Crippen LogP contribution >= 0.6 is 0 Å². The maximum Gasteiger partial charge on any atom is 0.158 e. The molecule has 144 valence electrons.